The van der Waals surface area contributed by atoms with E-state index in [2.05, 4.69) is 15.6 Å². The number of sulfone groups is 1. The molecule has 0 aromatic carbocycles. The fourth-order valence-electron chi connectivity index (χ4n) is 1.47. The lowest BCUT2D eigenvalue weighted by Gasteiger charge is -2.06. The van der Waals surface area contributed by atoms with Crippen LogP contribution in [0.2, 0.25) is 0 Å². The van der Waals surface area contributed by atoms with Gasteiger partial charge in [-0.1, -0.05) is 6.07 Å². The Bertz CT molecular complexity index is 529. The van der Waals surface area contributed by atoms with E-state index in [4.69, 9.17) is 0 Å². The molecule has 19 heavy (non-hydrogen) atoms. The molecule has 1 heterocycles. The lowest BCUT2D eigenvalue weighted by atomic mass is 10.3. The van der Waals surface area contributed by atoms with Gasteiger partial charge in [0.2, 0.25) is 0 Å². The number of aromatic nitrogens is 1. The van der Waals surface area contributed by atoms with Crippen LogP contribution in [-0.4, -0.2) is 44.4 Å². The fraction of sp³-hybridized carbons (Fsp3) is 0.500. The first kappa shape index (κ1) is 15.4. The minimum Gasteiger partial charge on any atom is -0.370 e. The van der Waals surface area contributed by atoms with Crippen LogP contribution >= 0.6 is 0 Å². The SMILES string of the molecule is CCNc1cccc(C(=O)NCCCS(C)(=O)=O)n1. The summed E-state index contributed by atoms with van der Waals surface area (Å²) in [5.41, 5.74) is 0.317. The standard InChI is InChI=1S/C12H19N3O3S/c1-3-13-11-7-4-6-10(15-11)12(16)14-8-5-9-19(2,17)18/h4,6-7H,3,5,8-9H2,1-2H3,(H,13,15)(H,14,16). The average Bonchev–Trinajstić information content (AvgIpc) is 2.34. The van der Waals surface area contributed by atoms with Gasteiger partial charge in [-0.15, -0.1) is 0 Å². The molecule has 1 aromatic rings. The molecule has 0 saturated carbocycles. The number of nitrogens with zero attached hydrogens (tertiary/aromatic N) is 1. The summed E-state index contributed by atoms with van der Waals surface area (Å²) in [6, 6.07) is 5.15. The Balaban J connectivity index is 2.47. The number of rotatable bonds is 7. The van der Waals surface area contributed by atoms with Crippen LogP contribution in [0.4, 0.5) is 5.82 Å². The van der Waals surface area contributed by atoms with E-state index in [0.29, 0.717) is 24.5 Å². The van der Waals surface area contributed by atoms with Crippen LogP contribution in [0.15, 0.2) is 18.2 Å². The zero-order valence-electron chi connectivity index (χ0n) is 11.1. The number of pyridine rings is 1. The Morgan fingerprint density at radius 3 is 2.74 bits per heavy atom. The summed E-state index contributed by atoms with van der Waals surface area (Å²) >= 11 is 0. The van der Waals surface area contributed by atoms with Gasteiger partial charge in [0.05, 0.1) is 5.75 Å². The van der Waals surface area contributed by atoms with E-state index in [1.807, 2.05) is 6.92 Å². The minimum atomic E-state index is -2.98. The van der Waals surface area contributed by atoms with Crippen molar-refractivity contribution in [3.05, 3.63) is 23.9 Å². The predicted molar refractivity (Wildman–Crippen MR) is 75.1 cm³/mol. The maximum atomic E-state index is 11.8. The van der Waals surface area contributed by atoms with Gasteiger partial charge in [-0.3, -0.25) is 4.79 Å². The maximum Gasteiger partial charge on any atom is 0.269 e. The van der Waals surface area contributed by atoms with E-state index >= 15 is 0 Å². The molecule has 0 bridgehead atoms. The quantitative estimate of drug-likeness (QED) is 0.719. The highest BCUT2D eigenvalue weighted by Gasteiger charge is 2.08. The Morgan fingerprint density at radius 1 is 1.37 bits per heavy atom. The Hall–Kier alpha value is -1.63. The number of hydrogen-bond donors (Lipinski definition) is 2. The lowest BCUT2D eigenvalue weighted by Crippen LogP contribution is -2.26. The predicted octanol–water partition coefficient (Wildman–Crippen LogP) is 0.678. The molecule has 0 aliphatic heterocycles. The summed E-state index contributed by atoms with van der Waals surface area (Å²) in [6.07, 6.45) is 1.58. The Labute approximate surface area is 113 Å². The summed E-state index contributed by atoms with van der Waals surface area (Å²) in [5.74, 6) is 0.414. The van der Waals surface area contributed by atoms with Gasteiger partial charge in [-0.2, -0.15) is 0 Å². The molecule has 0 aliphatic rings. The van der Waals surface area contributed by atoms with Crippen LogP contribution in [-0.2, 0) is 9.84 Å². The van der Waals surface area contributed by atoms with Gasteiger partial charge >= 0.3 is 0 Å². The third-order valence-electron chi connectivity index (χ3n) is 2.32. The molecule has 1 rings (SSSR count). The van der Waals surface area contributed by atoms with Gasteiger partial charge in [-0.25, -0.2) is 13.4 Å². The molecule has 0 unspecified atom stereocenters. The molecule has 0 spiro atoms. The monoisotopic (exact) mass is 285 g/mol. The molecule has 6 nitrogen and oxygen atoms in total. The van der Waals surface area contributed by atoms with Crippen LogP contribution in [0.25, 0.3) is 0 Å². The van der Waals surface area contributed by atoms with Crippen molar-refractivity contribution >= 4 is 21.6 Å². The maximum absolute atomic E-state index is 11.8. The first-order valence-electron chi connectivity index (χ1n) is 6.09. The summed E-state index contributed by atoms with van der Waals surface area (Å²) in [5, 5.41) is 5.67. The van der Waals surface area contributed by atoms with Crippen LogP contribution in [0.3, 0.4) is 0 Å². The molecule has 2 N–H and O–H groups in total. The summed E-state index contributed by atoms with van der Waals surface area (Å²) in [7, 11) is -2.98. The normalized spacial score (nSPS) is 11.1. The molecule has 106 valence electrons. The van der Waals surface area contributed by atoms with Crippen molar-refractivity contribution < 1.29 is 13.2 Å². The van der Waals surface area contributed by atoms with Crippen LogP contribution < -0.4 is 10.6 Å². The summed E-state index contributed by atoms with van der Waals surface area (Å²) in [6.45, 7) is 2.99. The first-order chi connectivity index (χ1) is 8.92. The van der Waals surface area contributed by atoms with Crippen LogP contribution in [0.1, 0.15) is 23.8 Å². The molecule has 1 aromatic heterocycles. The zero-order valence-corrected chi connectivity index (χ0v) is 12.0. The van der Waals surface area contributed by atoms with Gasteiger partial charge in [0.15, 0.2) is 0 Å². The molecule has 0 fully saturated rings. The van der Waals surface area contributed by atoms with Crippen LogP contribution in [0.5, 0.6) is 0 Å². The van der Waals surface area contributed by atoms with Gasteiger partial charge in [0.25, 0.3) is 5.91 Å². The second-order valence-corrected chi connectivity index (χ2v) is 6.44. The van der Waals surface area contributed by atoms with Crippen LogP contribution in [0, 0.1) is 0 Å². The fourth-order valence-corrected chi connectivity index (χ4v) is 2.14. The molecule has 1 amide bonds. The third-order valence-corrected chi connectivity index (χ3v) is 3.35. The number of amides is 1. The van der Waals surface area contributed by atoms with Crippen molar-refractivity contribution in [1.29, 1.82) is 0 Å². The second kappa shape index (κ2) is 7.08. The molecule has 7 heteroatoms. The number of carbonyl (C=O) groups is 1. The van der Waals surface area contributed by atoms with Gasteiger partial charge in [0.1, 0.15) is 21.3 Å². The van der Waals surface area contributed by atoms with Gasteiger partial charge in [-0.05, 0) is 25.5 Å². The first-order valence-corrected chi connectivity index (χ1v) is 8.15. The van der Waals surface area contributed by atoms with E-state index in [1.54, 1.807) is 18.2 Å². The molecular weight excluding hydrogens is 266 g/mol. The Morgan fingerprint density at radius 2 is 2.11 bits per heavy atom. The second-order valence-electron chi connectivity index (χ2n) is 4.18. The van der Waals surface area contributed by atoms with Crippen molar-refractivity contribution in [2.24, 2.45) is 0 Å². The largest absolute Gasteiger partial charge is 0.370 e. The van der Waals surface area contributed by atoms with Crippen molar-refractivity contribution in [1.82, 2.24) is 10.3 Å². The molecule has 0 saturated heterocycles. The average molecular weight is 285 g/mol. The van der Waals surface area contributed by atoms with Crippen molar-refractivity contribution in [3.63, 3.8) is 0 Å². The Kier molecular flexibility index (Phi) is 5.75. The van der Waals surface area contributed by atoms with E-state index in [9.17, 15) is 13.2 Å². The lowest BCUT2D eigenvalue weighted by molar-refractivity contribution is 0.0949. The minimum absolute atomic E-state index is 0.0676. The summed E-state index contributed by atoms with van der Waals surface area (Å²) in [4.78, 5) is 15.9. The van der Waals surface area contributed by atoms with E-state index in [0.717, 1.165) is 6.54 Å². The number of nitrogens with one attached hydrogen (secondary N) is 2. The summed E-state index contributed by atoms with van der Waals surface area (Å²) < 4.78 is 21.9. The topological polar surface area (TPSA) is 88.2 Å². The smallest absolute Gasteiger partial charge is 0.269 e. The van der Waals surface area contributed by atoms with E-state index in [1.165, 1.54) is 6.26 Å². The van der Waals surface area contributed by atoms with Crippen molar-refractivity contribution in [3.8, 4) is 0 Å². The van der Waals surface area contributed by atoms with E-state index < -0.39 is 9.84 Å². The molecule has 0 radical (unpaired) electrons. The number of hydrogen-bond acceptors (Lipinski definition) is 5. The highest BCUT2D eigenvalue weighted by Crippen LogP contribution is 2.04. The van der Waals surface area contributed by atoms with Crippen molar-refractivity contribution in [2.75, 3.05) is 30.4 Å². The highest BCUT2D eigenvalue weighted by atomic mass is 32.2. The molecule has 0 aliphatic carbocycles. The van der Waals surface area contributed by atoms with Gasteiger partial charge < -0.3 is 10.6 Å². The highest BCUT2D eigenvalue weighted by molar-refractivity contribution is 7.90. The third kappa shape index (κ3) is 6.19. The molecular formula is C12H19N3O3S. The van der Waals surface area contributed by atoms with E-state index in [-0.39, 0.29) is 11.7 Å². The molecule has 0 atom stereocenters. The number of anilines is 1. The zero-order chi connectivity index (χ0) is 14.3. The van der Waals surface area contributed by atoms with Crippen molar-refractivity contribution in [2.45, 2.75) is 13.3 Å². The van der Waals surface area contributed by atoms with Gasteiger partial charge in [0, 0.05) is 19.3 Å². The number of carbonyl (C=O) groups excluding carboxylic acids is 1.